The Labute approximate surface area is 149 Å². The van der Waals surface area contributed by atoms with Gasteiger partial charge in [0.25, 0.3) is 11.6 Å². The molecule has 0 unspecified atom stereocenters. The average Bonchev–Trinajstić information content (AvgIpc) is 2.66. The van der Waals surface area contributed by atoms with Crippen LogP contribution >= 0.6 is 0 Å². The van der Waals surface area contributed by atoms with Crippen molar-refractivity contribution in [3.8, 4) is 18.1 Å². The van der Waals surface area contributed by atoms with Crippen molar-refractivity contribution < 1.29 is 19.6 Å². The topological polar surface area (TPSA) is 114 Å². The molecule has 2 aromatic rings. The van der Waals surface area contributed by atoms with Crippen molar-refractivity contribution in [1.29, 1.82) is 0 Å². The van der Waals surface area contributed by atoms with Crippen LogP contribution in [0.1, 0.15) is 17.2 Å². The van der Waals surface area contributed by atoms with E-state index in [4.69, 9.17) is 11.2 Å². The lowest BCUT2D eigenvalue weighted by Crippen LogP contribution is -2.25. The fourth-order valence-electron chi connectivity index (χ4n) is 2.01. The van der Waals surface area contributed by atoms with Gasteiger partial charge in [0, 0.05) is 17.7 Å². The number of terminal acetylenes is 1. The molecule has 0 saturated carbocycles. The van der Waals surface area contributed by atoms with Crippen LogP contribution in [-0.4, -0.2) is 28.8 Å². The molecule has 8 nitrogen and oxygen atoms in total. The number of benzene rings is 2. The Kier molecular flexibility index (Phi) is 6.42. The number of hydrogen-bond donors (Lipinski definition) is 2. The first-order chi connectivity index (χ1) is 12.5. The molecule has 0 aromatic heterocycles. The van der Waals surface area contributed by atoms with E-state index in [1.165, 1.54) is 24.4 Å². The highest BCUT2D eigenvalue weighted by Gasteiger charge is 2.16. The van der Waals surface area contributed by atoms with E-state index in [1.807, 2.05) is 0 Å². The monoisotopic (exact) mass is 353 g/mol. The van der Waals surface area contributed by atoms with Crippen LogP contribution in [0.5, 0.6) is 5.75 Å². The molecule has 8 heteroatoms. The molecule has 0 aliphatic heterocycles. The molecule has 0 aliphatic carbocycles. The summed E-state index contributed by atoms with van der Waals surface area (Å²) in [4.78, 5) is 22.2. The Hall–Kier alpha value is -3.70. The Morgan fingerprint density at radius 3 is 2.77 bits per heavy atom. The van der Waals surface area contributed by atoms with Crippen molar-refractivity contribution in [2.75, 3.05) is 6.61 Å². The molecular weight excluding hydrogens is 338 g/mol. The standard InChI is InChI=1S/C18H15N3O5/c1-2-10-26-16-9-8-15(21(24)25)11-14(16)12-19-20-18(23)17(22)13-6-4-3-5-7-13/h1,3-9,11-12,17,22H,10H2,(H,20,23)/b19-12-/t17-/m1/s1. The predicted octanol–water partition coefficient (Wildman–Crippen LogP) is 1.79. The second-order valence-corrected chi connectivity index (χ2v) is 5.02. The Balaban J connectivity index is 2.13. The van der Waals surface area contributed by atoms with Gasteiger partial charge in [-0.25, -0.2) is 5.43 Å². The van der Waals surface area contributed by atoms with Gasteiger partial charge in [0.1, 0.15) is 12.4 Å². The number of amides is 1. The molecule has 26 heavy (non-hydrogen) atoms. The first kappa shape index (κ1) is 18.6. The van der Waals surface area contributed by atoms with Crippen molar-refractivity contribution in [2.45, 2.75) is 6.10 Å². The predicted molar refractivity (Wildman–Crippen MR) is 94.6 cm³/mol. The number of aliphatic hydroxyl groups excluding tert-OH is 1. The highest BCUT2D eigenvalue weighted by Crippen LogP contribution is 2.22. The van der Waals surface area contributed by atoms with E-state index >= 15 is 0 Å². The number of non-ortho nitro benzene ring substituents is 1. The molecule has 132 valence electrons. The van der Waals surface area contributed by atoms with Gasteiger partial charge in [-0.05, 0) is 11.6 Å². The smallest absolute Gasteiger partial charge is 0.273 e. The van der Waals surface area contributed by atoms with Crippen LogP contribution in [0, 0.1) is 22.5 Å². The Bertz CT molecular complexity index is 859. The van der Waals surface area contributed by atoms with Gasteiger partial charge in [-0.1, -0.05) is 36.3 Å². The molecule has 0 spiro atoms. The van der Waals surface area contributed by atoms with Crippen LogP contribution in [0.2, 0.25) is 0 Å². The first-order valence-corrected chi connectivity index (χ1v) is 7.43. The van der Waals surface area contributed by atoms with Gasteiger partial charge in [-0.2, -0.15) is 5.10 Å². The molecule has 2 rings (SSSR count). The van der Waals surface area contributed by atoms with Crippen molar-refractivity contribution in [3.63, 3.8) is 0 Å². The second-order valence-electron chi connectivity index (χ2n) is 5.02. The quantitative estimate of drug-likeness (QED) is 0.341. The molecule has 0 bridgehead atoms. The van der Waals surface area contributed by atoms with Gasteiger partial charge >= 0.3 is 0 Å². The fraction of sp³-hybridized carbons (Fsp3) is 0.111. The van der Waals surface area contributed by atoms with Crippen LogP contribution in [0.15, 0.2) is 53.6 Å². The zero-order valence-corrected chi connectivity index (χ0v) is 13.5. The van der Waals surface area contributed by atoms with Crippen molar-refractivity contribution in [1.82, 2.24) is 5.43 Å². The summed E-state index contributed by atoms with van der Waals surface area (Å²) in [6.45, 7) is -0.0300. The van der Waals surface area contributed by atoms with Crippen LogP contribution in [0.25, 0.3) is 0 Å². The molecule has 0 aliphatic rings. The number of nitro benzene ring substituents is 1. The summed E-state index contributed by atoms with van der Waals surface area (Å²) >= 11 is 0. The van der Waals surface area contributed by atoms with E-state index in [2.05, 4.69) is 16.4 Å². The lowest BCUT2D eigenvalue weighted by atomic mass is 10.1. The molecule has 1 atom stereocenters. The van der Waals surface area contributed by atoms with Crippen molar-refractivity contribution in [3.05, 3.63) is 69.8 Å². The third kappa shape index (κ3) is 4.90. The van der Waals surface area contributed by atoms with E-state index in [1.54, 1.807) is 30.3 Å². The number of hydrazone groups is 1. The number of nitrogens with zero attached hydrogens (tertiary/aromatic N) is 2. The van der Waals surface area contributed by atoms with Gasteiger partial charge in [0.2, 0.25) is 0 Å². The molecule has 2 N–H and O–H groups in total. The van der Waals surface area contributed by atoms with Crippen LogP contribution in [0.3, 0.4) is 0 Å². The minimum absolute atomic E-state index is 0.0300. The minimum Gasteiger partial charge on any atom is -0.480 e. The van der Waals surface area contributed by atoms with Gasteiger partial charge in [0.05, 0.1) is 11.1 Å². The van der Waals surface area contributed by atoms with Crippen LogP contribution in [0.4, 0.5) is 5.69 Å². The highest BCUT2D eigenvalue weighted by atomic mass is 16.6. The third-order valence-corrected chi connectivity index (χ3v) is 3.26. The highest BCUT2D eigenvalue weighted by molar-refractivity contribution is 5.87. The summed E-state index contributed by atoms with van der Waals surface area (Å²) in [6.07, 6.45) is 4.91. The Morgan fingerprint density at radius 1 is 1.38 bits per heavy atom. The molecule has 0 heterocycles. The zero-order valence-electron chi connectivity index (χ0n) is 13.5. The second kappa shape index (κ2) is 8.96. The van der Waals surface area contributed by atoms with Crippen molar-refractivity contribution >= 4 is 17.8 Å². The number of hydrogen-bond acceptors (Lipinski definition) is 6. The summed E-state index contributed by atoms with van der Waals surface area (Å²) in [5, 5.41) is 24.6. The summed E-state index contributed by atoms with van der Waals surface area (Å²) in [5.74, 6) is 1.81. The number of carbonyl (C=O) groups is 1. The SMILES string of the molecule is C#CCOc1ccc([N+](=O)[O-])cc1/C=N\NC(=O)[C@H](O)c1ccccc1. The summed E-state index contributed by atoms with van der Waals surface area (Å²) in [6, 6.07) is 12.2. The lowest BCUT2D eigenvalue weighted by molar-refractivity contribution is -0.384. The van der Waals surface area contributed by atoms with Gasteiger partial charge < -0.3 is 9.84 Å². The molecule has 1 amide bonds. The maximum absolute atomic E-state index is 11.9. The molecule has 0 radical (unpaired) electrons. The third-order valence-electron chi connectivity index (χ3n) is 3.26. The molecule has 2 aromatic carbocycles. The number of rotatable bonds is 7. The van der Waals surface area contributed by atoms with Crippen LogP contribution in [-0.2, 0) is 4.79 Å². The summed E-state index contributed by atoms with van der Waals surface area (Å²) in [7, 11) is 0. The molecule has 0 saturated heterocycles. The lowest BCUT2D eigenvalue weighted by Gasteiger charge is -2.09. The molecule has 0 fully saturated rings. The fourth-order valence-corrected chi connectivity index (χ4v) is 2.01. The van der Waals surface area contributed by atoms with E-state index in [-0.39, 0.29) is 23.6 Å². The Morgan fingerprint density at radius 2 is 2.12 bits per heavy atom. The number of aliphatic hydroxyl groups is 1. The average molecular weight is 353 g/mol. The summed E-state index contributed by atoms with van der Waals surface area (Å²) in [5.41, 5.74) is 2.67. The number of ether oxygens (including phenoxy) is 1. The normalized spacial score (nSPS) is 11.5. The maximum atomic E-state index is 11.9. The van der Waals surface area contributed by atoms with E-state index in [0.29, 0.717) is 5.56 Å². The first-order valence-electron chi connectivity index (χ1n) is 7.43. The van der Waals surface area contributed by atoms with Gasteiger partial charge in [-0.3, -0.25) is 14.9 Å². The number of nitro groups is 1. The molecular formula is C18H15N3O5. The number of carbonyl (C=O) groups excluding carboxylic acids is 1. The largest absolute Gasteiger partial charge is 0.480 e. The maximum Gasteiger partial charge on any atom is 0.273 e. The minimum atomic E-state index is -1.39. The van der Waals surface area contributed by atoms with E-state index in [9.17, 15) is 20.0 Å². The summed E-state index contributed by atoms with van der Waals surface area (Å²) < 4.78 is 5.28. The number of nitrogens with one attached hydrogen (secondary N) is 1. The van der Waals surface area contributed by atoms with Gasteiger partial charge in [-0.15, -0.1) is 6.42 Å². The zero-order chi connectivity index (χ0) is 18.9. The van der Waals surface area contributed by atoms with E-state index in [0.717, 1.165) is 0 Å². The van der Waals surface area contributed by atoms with E-state index < -0.39 is 16.9 Å². The van der Waals surface area contributed by atoms with Gasteiger partial charge in [0.15, 0.2) is 6.10 Å². The van der Waals surface area contributed by atoms with Crippen LogP contribution < -0.4 is 10.2 Å². The van der Waals surface area contributed by atoms with Crippen molar-refractivity contribution in [2.24, 2.45) is 5.10 Å².